The van der Waals surface area contributed by atoms with Crippen LogP contribution in [0.15, 0.2) is 48.5 Å². The molecule has 0 fully saturated rings. The van der Waals surface area contributed by atoms with Crippen molar-refractivity contribution in [1.29, 1.82) is 0 Å². The Morgan fingerprint density at radius 2 is 1.86 bits per heavy atom. The van der Waals surface area contributed by atoms with Crippen LogP contribution in [0, 0.1) is 5.92 Å². The van der Waals surface area contributed by atoms with Crippen molar-refractivity contribution < 1.29 is 19.1 Å². The lowest BCUT2D eigenvalue weighted by atomic mass is 10.2. The number of hydrogen-bond acceptors (Lipinski definition) is 4. The second kappa shape index (κ2) is 10.4. The largest absolute Gasteiger partial charge is 0.493 e. The number of ether oxygens (including phenoxy) is 2. The molecule has 0 spiro atoms. The molecule has 0 saturated carbocycles. The first-order valence-electron chi connectivity index (χ1n) is 8.74. The van der Waals surface area contributed by atoms with Crippen molar-refractivity contribution in [2.24, 2.45) is 5.92 Å². The molecule has 0 saturated heterocycles. The number of nitrogens with one attached hydrogen (secondary N) is 2. The third-order valence-electron chi connectivity index (χ3n) is 3.60. The highest BCUT2D eigenvalue weighted by molar-refractivity contribution is 6.33. The minimum absolute atomic E-state index is 0.273. The van der Waals surface area contributed by atoms with E-state index in [2.05, 4.69) is 24.7 Å². The van der Waals surface area contributed by atoms with Gasteiger partial charge in [0.25, 0.3) is 11.8 Å². The van der Waals surface area contributed by atoms with Crippen molar-refractivity contribution in [3.05, 3.63) is 64.7 Å². The summed E-state index contributed by atoms with van der Waals surface area (Å²) >= 11 is 5.95. The number of hydrazine groups is 1. The van der Waals surface area contributed by atoms with E-state index in [-0.39, 0.29) is 5.56 Å². The molecule has 2 rings (SSSR count). The van der Waals surface area contributed by atoms with Gasteiger partial charge in [-0.25, -0.2) is 0 Å². The topological polar surface area (TPSA) is 76.7 Å². The SMILES string of the molecule is COc1cc(/C=C/C(=O)NNC(=O)c2ccccc2Cl)ccc1OCC(C)C. The Labute approximate surface area is 169 Å². The maximum Gasteiger partial charge on any atom is 0.271 e. The Balaban J connectivity index is 1.94. The molecule has 2 N–H and O–H groups in total. The van der Waals surface area contributed by atoms with E-state index in [0.29, 0.717) is 29.0 Å². The molecule has 148 valence electrons. The zero-order chi connectivity index (χ0) is 20.5. The molecule has 7 heteroatoms. The molecule has 0 aliphatic heterocycles. The van der Waals surface area contributed by atoms with Crippen molar-refractivity contribution in [1.82, 2.24) is 10.9 Å². The molecular weight excluding hydrogens is 380 g/mol. The van der Waals surface area contributed by atoms with Gasteiger partial charge in [0.1, 0.15) is 0 Å². The summed E-state index contributed by atoms with van der Waals surface area (Å²) in [6, 6.07) is 11.9. The van der Waals surface area contributed by atoms with Gasteiger partial charge in [-0.1, -0.05) is 43.6 Å². The summed E-state index contributed by atoms with van der Waals surface area (Å²) in [5, 5.41) is 0.302. The zero-order valence-electron chi connectivity index (χ0n) is 16.0. The molecule has 2 amide bonds. The number of carbonyl (C=O) groups excluding carboxylic acids is 2. The quantitative estimate of drug-likeness (QED) is 0.544. The molecular formula is C21H23ClN2O4. The minimum atomic E-state index is -0.499. The number of benzene rings is 2. The molecule has 2 aromatic carbocycles. The lowest BCUT2D eigenvalue weighted by Gasteiger charge is -2.12. The minimum Gasteiger partial charge on any atom is -0.493 e. The number of methoxy groups -OCH3 is 1. The van der Waals surface area contributed by atoms with Crippen molar-refractivity contribution in [3.8, 4) is 11.5 Å². The van der Waals surface area contributed by atoms with E-state index in [1.54, 1.807) is 49.6 Å². The summed E-state index contributed by atoms with van der Waals surface area (Å²) in [5.74, 6) is 0.633. The van der Waals surface area contributed by atoms with Gasteiger partial charge in [-0.15, -0.1) is 0 Å². The highest BCUT2D eigenvalue weighted by atomic mass is 35.5. The van der Waals surface area contributed by atoms with Crippen LogP contribution in [0.4, 0.5) is 0 Å². The number of carbonyl (C=O) groups is 2. The first-order valence-corrected chi connectivity index (χ1v) is 9.12. The monoisotopic (exact) mass is 402 g/mol. The molecule has 28 heavy (non-hydrogen) atoms. The fraction of sp³-hybridized carbons (Fsp3) is 0.238. The smallest absolute Gasteiger partial charge is 0.271 e. The number of halogens is 1. The number of rotatable bonds is 7. The summed E-state index contributed by atoms with van der Waals surface area (Å²) in [6.07, 6.45) is 2.90. The summed E-state index contributed by atoms with van der Waals surface area (Å²) in [5.41, 5.74) is 5.65. The van der Waals surface area contributed by atoms with E-state index in [1.807, 2.05) is 6.07 Å². The van der Waals surface area contributed by atoms with Gasteiger partial charge in [-0.2, -0.15) is 0 Å². The first kappa shape index (κ1) is 21.3. The molecule has 0 heterocycles. The third kappa shape index (κ3) is 6.32. The average Bonchev–Trinajstić information content (AvgIpc) is 2.69. The summed E-state index contributed by atoms with van der Waals surface area (Å²) < 4.78 is 11.0. The van der Waals surface area contributed by atoms with Crippen LogP contribution in [0.2, 0.25) is 5.02 Å². The highest BCUT2D eigenvalue weighted by Gasteiger charge is 2.10. The maximum absolute atomic E-state index is 12.0. The molecule has 0 aliphatic carbocycles. The van der Waals surface area contributed by atoms with Gasteiger partial charge in [0.15, 0.2) is 11.5 Å². The van der Waals surface area contributed by atoms with Gasteiger partial charge in [0.05, 0.1) is 24.3 Å². The van der Waals surface area contributed by atoms with Crippen LogP contribution in [0.1, 0.15) is 29.8 Å². The second-order valence-electron chi connectivity index (χ2n) is 6.37. The van der Waals surface area contributed by atoms with Gasteiger partial charge in [-0.3, -0.25) is 20.4 Å². The van der Waals surface area contributed by atoms with E-state index in [0.717, 1.165) is 5.56 Å². The van der Waals surface area contributed by atoms with Gasteiger partial charge in [0.2, 0.25) is 0 Å². The fourth-order valence-electron chi connectivity index (χ4n) is 2.21. The molecule has 0 bridgehead atoms. The maximum atomic E-state index is 12.0. The van der Waals surface area contributed by atoms with Crippen molar-refractivity contribution >= 4 is 29.5 Å². The van der Waals surface area contributed by atoms with Gasteiger partial charge < -0.3 is 9.47 Å². The van der Waals surface area contributed by atoms with Crippen LogP contribution < -0.4 is 20.3 Å². The van der Waals surface area contributed by atoms with Crippen LogP contribution in [0.5, 0.6) is 11.5 Å². The predicted octanol–water partition coefficient (Wildman–Crippen LogP) is 3.86. The van der Waals surface area contributed by atoms with E-state index < -0.39 is 11.8 Å². The van der Waals surface area contributed by atoms with Gasteiger partial charge in [0, 0.05) is 6.08 Å². The van der Waals surface area contributed by atoms with E-state index in [9.17, 15) is 9.59 Å². The molecule has 0 atom stereocenters. The summed E-state index contributed by atoms with van der Waals surface area (Å²) in [6.45, 7) is 4.71. The predicted molar refractivity (Wildman–Crippen MR) is 109 cm³/mol. The number of amides is 2. The Bertz CT molecular complexity index is 865. The van der Waals surface area contributed by atoms with E-state index in [1.165, 1.54) is 6.08 Å². The normalized spacial score (nSPS) is 10.8. The van der Waals surface area contributed by atoms with Gasteiger partial charge in [-0.05, 0) is 41.8 Å². The molecule has 0 aliphatic rings. The molecule has 0 aromatic heterocycles. The van der Waals surface area contributed by atoms with Gasteiger partial charge >= 0.3 is 0 Å². The lowest BCUT2D eigenvalue weighted by molar-refractivity contribution is -0.117. The molecule has 6 nitrogen and oxygen atoms in total. The van der Waals surface area contributed by atoms with Crippen LogP contribution in [-0.2, 0) is 4.79 Å². The second-order valence-corrected chi connectivity index (χ2v) is 6.78. The third-order valence-corrected chi connectivity index (χ3v) is 3.93. The van der Waals surface area contributed by atoms with Crippen LogP contribution in [0.3, 0.4) is 0 Å². The standard InChI is InChI=1S/C21H23ClN2O4/c1-14(2)13-28-18-10-8-15(12-19(18)27-3)9-11-20(25)23-24-21(26)16-6-4-5-7-17(16)22/h4-12,14H,13H2,1-3H3,(H,23,25)(H,24,26)/b11-9+. The lowest BCUT2D eigenvalue weighted by Crippen LogP contribution is -2.40. The Morgan fingerprint density at radius 1 is 1.11 bits per heavy atom. The van der Waals surface area contributed by atoms with Crippen molar-refractivity contribution in [2.75, 3.05) is 13.7 Å². The Morgan fingerprint density at radius 3 is 2.54 bits per heavy atom. The summed E-state index contributed by atoms with van der Waals surface area (Å²) in [7, 11) is 1.56. The van der Waals surface area contributed by atoms with Crippen LogP contribution >= 0.6 is 11.6 Å². The Kier molecular flexibility index (Phi) is 7.89. The van der Waals surface area contributed by atoms with Crippen molar-refractivity contribution in [3.63, 3.8) is 0 Å². The highest BCUT2D eigenvalue weighted by Crippen LogP contribution is 2.29. The van der Waals surface area contributed by atoms with E-state index >= 15 is 0 Å². The number of hydrogen-bond donors (Lipinski definition) is 2. The van der Waals surface area contributed by atoms with Crippen LogP contribution in [0.25, 0.3) is 6.08 Å². The van der Waals surface area contributed by atoms with Crippen LogP contribution in [-0.4, -0.2) is 25.5 Å². The molecule has 0 radical (unpaired) electrons. The summed E-state index contributed by atoms with van der Waals surface area (Å²) in [4.78, 5) is 23.9. The average molecular weight is 403 g/mol. The molecule has 0 unspecified atom stereocenters. The zero-order valence-corrected chi connectivity index (χ0v) is 16.7. The van der Waals surface area contributed by atoms with Crippen molar-refractivity contribution in [2.45, 2.75) is 13.8 Å². The van der Waals surface area contributed by atoms with E-state index in [4.69, 9.17) is 21.1 Å². The Hall–Kier alpha value is -2.99. The first-order chi connectivity index (χ1) is 13.4. The fourth-order valence-corrected chi connectivity index (χ4v) is 2.43. The molecule has 2 aromatic rings.